The van der Waals surface area contributed by atoms with E-state index in [0.29, 0.717) is 0 Å². The van der Waals surface area contributed by atoms with Crippen molar-refractivity contribution in [2.75, 3.05) is 38.5 Å². The minimum absolute atomic E-state index is 0.811. The maximum absolute atomic E-state index is 4.13. The largest absolute Gasteiger partial charge is 0.381 e. The van der Waals surface area contributed by atoms with Gasteiger partial charge >= 0.3 is 0 Å². The molecule has 3 rings (SSSR count). The minimum atomic E-state index is 0.811. The molecule has 1 N–H and O–H groups in total. The average Bonchev–Trinajstić information content (AvgIpc) is 2.57. The van der Waals surface area contributed by atoms with Crippen LogP contribution in [0, 0.1) is 0 Å². The van der Waals surface area contributed by atoms with E-state index in [4.69, 9.17) is 0 Å². The number of likely N-dealkylation sites (N-methyl/N-ethyl adjacent to an activating group) is 1. The Morgan fingerprint density at radius 1 is 1.00 bits per heavy atom. The zero-order chi connectivity index (χ0) is 15.2. The maximum atomic E-state index is 4.13. The molecule has 0 radical (unpaired) electrons. The molecule has 1 aliphatic rings. The van der Waals surface area contributed by atoms with E-state index in [2.05, 4.69) is 57.5 Å². The number of nitrogens with one attached hydrogen (secondary N) is 1. The summed E-state index contributed by atoms with van der Waals surface area (Å²) >= 11 is 0. The molecule has 1 aromatic carbocycles. The fourth-order valence-corrected chi connectivity index (χ4v) is 2.70. The van der Waals surface area contributed by atoms with Crippen molar-refractivity contribution in [3.8, 4) is 0 Å². The first-order chi connectivity index (χ1) is 10.8. The van der Waals surface area contributed by atoms with Gasteiger partial charge in [0.25, 0.3) is 0 Å². The van der Waals surface area contributed by atoms with Crippen LogP contribution in [0.4, 0.5) is 5.69 Å². The lowest BCUT2D eigenvalue weighted by Crippen LogP contribution is -2.43. The van der Waals surface area contributed by atoms with Crippen LogP contribution in [-0.2, 0) is 13.1 Å². The number of hydrogen-bond acceptors (Lipinski definition) is 4. The molecule has 0 aliphatic carbocycles. The van der Waals surface area contributed by atoms with Crippen LogP contribution < -0.4 is 5.32 Å². The fourth-order valence-electron chi connectivity index (χ4n) is 2.70. The van der Waals surface area contributed by atoms with Crippen LogP contribution in [0.2, 0.25) is 0 Å². The van der Waals surface area contributed by atoms with Crippen molar-refractivity contribution in [3.05, 3.63) is 59.9 Å². The molecule has 0 bridgehead atoms. The van der Waals surface area contributed by atoms with Crippen molar-refractivity contribution in [1.29, 1.82) is 0 Å². The van der Waals surface area contributed by atoms with Gasteiger partial charge in [-0.1, -0.05) is 18.2 Å². The predicted octanol–water partition coefficient (Wildman–Crippen LogP) is 2.44. The lowest BCUT2D eigenvalue weighted by Gasteiger charge is -2.32. The molecule has 22 heavy (non-hydrogen) atoms. The molecular weight excluding hydrogens is 272 g/mol. The SMILES string of the molecule is CN1CCN(Cc2ccc(NCc3cccnc3)cc2)CC1. The number of hydrogen-bond donors (Lipinski definition) is 1. The zero-order valence-electron chi connectivity index (χ0n) is 13.2. The number of aromatic nitrogens is 1. The summed E-state index contributed by atoms with van der Waals surface area (Å²) in [4.78, 5) is 9.05. The van der Waals surface area contributed by atoms with Gasteiger partial charge in [-0.2, -0.15) is 0 Å². The predicted molar refractivity (Wildman–Crippen MR) is 90.8 cm³/mol. The van der Waals surface area contributed by atoms with E-state index >= 15 is 0 Å². The van der Waals surface area contributed by atoms with Gasteiger partial charge in [0.2, 0.25) is 0 Å². The molecule has 1 fully saturated rings. The van der Waals surface area contributed by atoms with E-state index < -0.39 is 0 Å². The van der Waals surface area contributed by atoms with Crippen LogP contribution >= 0.6 is 0 Å². The van der Waals surface area contributed by atoms with Gasteiger partial charge in [-0.25, -0.2) is 0 Å². The third-order valence-electron chi connectivity index (χ3n) is 4.18. The van der Waals surface area contributed by atoms with Crippen molar-refractivity contribution >= 4 is 5.69 Å². The highest BCUT2D eigenvalue weighted by Crippen LogP contribution is 2.13. The zero-order valence-corrected chi connectivity index (χ0v) is 13.2. The summed E-state index contributed by atoms with van der Waals surface area (Å²) < 4.78 is 0. The van der Waals surface area contributed by atoms with Crippen molar-refractivity contribution in [1.82, 2.24) is 14.8 Å². The van der Waals surface area contributed by atoms with E-state index in [1.807, 2.05) is 12.3 Å². The first-order valence-corrected chi connectivity index (χ1v) is 7.92. The number of benzene rings is 1. The lowest BCUT2D eigenvalue weighted by atomic mass is 10.1. The number of piperazine rings is 1. The van der Waals surface area contributed by atoms with E-state index in [0.717, 1.165) is 31.9 Å². The fraction of sp³-hybridized carbons (Fsp3) is 0.389. The van der Waals surface area contributed by atoms with Crippen molar-refractivity contribution in [3.63, 3.8) is 0 Å². The Morgan fingerprint density at radius 2 is 1.77 bits per heavy atom. The first-order valence-electron chi connectivity index (χ1n) is 7.92. The Morgan fingerprint density at radius 3 is 2.45 bits per heavy atom. The van der Waals surface area contributed by atoms with Crippen LogP contribution in [0.3, 0.4) is 0 Å². The highest BCUT2D eigenvalue weighted by atomic mass is 15.2. The van der Waals surface area contributed by atoms with Crippen LogP contribution in [0.15, 0.2) is 48.8 Å². The molecule has 0 unspecified atom stereocenters. The summed E-state index contributed by atoms with van der Waals surface area (Å²) in [6.45, 7) is 6.53. The molecule has 4 nitrogen and oxygen atoms in total. The van der Waals surface area contributed by atoms with E-state index in [-0.39, 0.29) is 0 Å². The van der Waals surface area contributed by atoms with Gasteiger partial charge in [0.1, 0.15) is 0 Å². The normalized spacial score (nSPS) is 16.6. The number of anilines is 1. The molecule has 1 aromatic heterocycles. The Hall–Kier alpha value is -1.91. The Labute approximate surface area is 132 Å². The summed E-state index contributed by atoms with van der Waals surface area (Å²) in [6, 6.07) is 12.8. The average molecular weight is 296 g/mol. The minimum Gasteiger partial charge on any atom is -0.381 e. The first kappa shape index (κ1) is 15.0. The number of nitrogens with zero attached hydrogens (tertiary/aromatic N) is 3. The third-order valence-corrected chi connectivity index (χ3v) is 4.18. The van der Waals surface area contributed by atoms with Crippen LogP contribution in [0.1, 0.15) is 11.1 Å². The standard InChI is InChI=1S/C18H24N4/c1-21-9-11-22(12-10-21)15-16-4-6-18(7-5-16)20-14-17-3-2-8-19-13-17/h2-8,13,20H,9-12,14-15H2,1H3. The lowest BCUT2D eigenvalue weighted by molar-refractivity contribution is 0.148. The molecule has 0 spiro atoms. The summed E-state index contributed by atoms with van der Waals surface area (Å²) in [5, 5.41) is 3.44. The highest BCUT2D eigenvalue weighted by Gasteiger charge is 2.13. The molecule has 4 heteroatoms. The topological polar surface area (TPSA) is 31.4 Å². The van der Waals surface area contributed by atoms with Gasteiger partial charge in [-0.05, 0) is 36.4 Å². The van der Waals surface area contributed by atoms with Crippen molar-refractivity contribution in [2.45, 2.75) is 13.1 Å². The van der Waals surface area contributed by atoms with Crippen molar-refractivity contribution in [2.24, 2.45) is 0 Å². The van der Waals surface area contributed by atoms with Gasteiger partial charge in [-0.3, -0.25) is 9.88 Å². The van der Waals surface area contributed by atoms with Gasteiger partial charge in [0.15, 0.2) is 0 Å². The molecule has 1 aliphatic heterocycles. The van der Waals surface area contributed by atoms with E-state index in [9.17, 15) is 0 Å². The quantitative estimate of drug-likeness (QED) is 0.918. The van der Waals surface area contributed by atoms with Crippen molar-refractivity contribution < 1.29 is 0 Å². The molecule has 2 aromatic rings. The molecular formula is C18H24N4. The summed E-state index contributed by atoms with van der Waals surface area (Å²) in [5.41, 5.74) is 3.74. The molecule has 0 amide bonds. The second-order valence-electron chi connectivity index (χ2n) is 5.99. The Bertz CT molecular complexity index is 559. The molecule has 2 heterocycles. The third kappa shape index (κ3) is 4.29. The van der Waals surface area contributed by atoms with E-state index in [1.54, 1.807) is 6.20 Å². The van der Waals surface area contributed by atoms with Crippen LogP contribution in [0.5, 0.6) is 0 Å². The molecule has 116 valence electrons. The van der Waals surface area contributed by atoms with Gasteiger partial charge in [0, 0.05) is 57.3 Å². The smallest absolute Gasteiger partial charge is 0.0416 e. The number of rotatable bonds is 5. The second kappa shape index (κ2) is 7.38. The summed E-state index contributed by atoms with van der Waals surface area (Å²) in [5.74, 6) is 0. The molecule has 1 saturated heterocycles. The number of pyridine rings is 1. The van der Waals surface area contributed by atoms with Gasteiger partial charge in [0.05, 0.1) is 0 Å². The monoisotopic (exact) mass is 296 g/mol. The van der Waals surface area contributed by atoms with E-state index in [1.165, 1.54) is 24.2 Å². The molecule has 0 atom stereocenters. The van der Waals surface area contributed by atoms with Crippen LogP contribution in [-0.4, -0.2) is 48.0 Å². The Kier molecular flexibility index (Phi) is 5.03. The summed E-state index contributed by atoms with van der Waals surface area (Å²) in [7, 11) is 2.19. The highest BCUT2D eigenvalue weighted by molar-refractivity contribution is 5.45. The maximum Gasteiger partial charge on any atom is 0.0416 e. The second-order valence-corrected chi connectivity index (χ2v) is 5.99. The van der Waals surface area contributed by atoms with Crippen LogP contribution in [0.25, 0.3) is 0 Å². The summed E-state index contributed by atoms with van der Waals surface area (Å²) in [6.07, 6.45) is 3.70. The van der Waals surface area contributed by atoms with Gasteiger partial charge in [-0.15, -0.1) is 0 Å². The Balaban J connectivity index is 1.50. The van der Waals surface area contributed by atoms with Gasteiger partial charge < -0.3 is 10.2 Å². The molecule has 0 saturated carbocycles.